The van der Waals surface area contributed by atoms with Gasteiger partial charge in [0.15, 0.2) is 11.4 Å². The molecule has 5 aromatic carbocycles. The number of ether oxygens (including phenoxy) is 1. The van der Waals surface area contributed by atoms with Crippen molar-refractivity contribution in [1.82, 2.24) is 29.5 Å². The summed E-state index contributed by atoms with van der Waals surface area (Å²) in [4.78, 5) is 32.2. The van der Waals surface area contributed by atoms with Crippen molar-refractivity contribution in [3.05, 3.63) is 179 Å². The van der Waals surface area contributed by atoms with E-state index in [9.17, 15) is 23.1 Å². The van der Waals surface area contributed by atoms with E-state index in [4.69, 9.17) is 29.4 Å². The first-order chi connectivity index (χ1) is 34.5. The maximum atomic E-state index is 12.2. The highest BCUT2D eigenvalue weighted by molar-refractivity contribution is 7.89. The van der Waals surface area contributed by atoms with E-state index in [-0.39, 0.29) is 16.3 Å². The summed E-state index contributed by atoms with van der Waals surface area (Å²) < 4.78 is 44.4. The van der Waals surface area contributed by atoms with Gasteiger partial charge in [-0.1, -0.05) is 109 Å². The SMILES string of the molecule is CCOC(=O)c1csc(-n2cc(B3OC(C)(C)C(C)(C)O3)c(-c3cccc(-c4ccccc4)c3)n2)n1.NS(=O)(=O)c1ccc(Cc2cn(-c3nc(C(=O)O)cs3)nc2-c2cccc(-c3ccccc3)c2)cc1. The van der Waals surface area contributed by atoms with Crippen LogP contribution in [0.3, 0.4) is 0 Å². The number of carboxylic acid groups (broad SMARTS) is 1. The van der Waals surface area contributed by atoms with E-state index in [0.29, 0.717) is 23.3 Å². The zero-order chi connectivity index (χ0) is 50.8. The molecule has 72 heavy (non-hydrogen) atoms. The lowest BCUT2D eigenvalue weighted by molar-refractivity contribution is 0.00578. The van der Waals surface area contributed by atoms with E-state index in [0.717, 1.165) is 61.4 Å². The molecule has 0 saturated carbocycles. The van der Waals surface area contributed by atoms with Gasteiger partial charge in [0.2, 0.25) is 20.3 Å². The number of primary sulfonamides is 1. The summed E-state index contributed by atoms with van der Waals surface area (Å²) in [6.07, 6.45) is 4.16. The van der Waals surface area contributed by atoms with E-state index in [1.165, 1.54) is 40.2 Å². The number of aromatic carboxylic acids is 1. The van der Waals surface area contributed by atoms with Crippen LogP contribution >= 0.6 is 22.7 Å². The number of benzene rings is 5. The Hall–Kier alpha value is -7.39. The lowest BCUT2D eigenvalue weighted by Gasteiger charge is -2.32. The number of aromatic nitrogens is 6. The minimum absolute atomic E-state index is 0.0433. The first-order valence-corrected chi connectivity index (χ1v) is 26.1. The number of esters is 1. The minimum Gasteiger partial charge on any atom is -0.476 e. The average molecular weight is 1020 g/mol. The number of hydrogen-bond donors (Lipinski definition) is 2. The molecule has 364 valence electrons. The maximum absolute atomic E-state index is 12.2. The highest BCUT2D eigenvalue weighted by Gasteiger charge is 2.53. The fourth-order valence-electron chi connectivity index (χ4n) is 7.84. The molecule has 0 atom stereocenters. The molecule has 0 bridgehead atoms. The second kappa shape index (κ2) is 20.4. The predicted molar refractivity (Wildman–Crippen MR) is 279 cm³/mol. The highest BCUT2D eigenvalue weighted by Crippen LogP contribution is 2.38. The number of carbonyl (C=O) groups excluding carboxylic acids is 1. The Morgan fingerprint density at radius 3 is 1.68 bits per heavy atom. The molecule has 1 fully saturated rings. The van der Waals surface area contributed by atoms with Crippen LogP contribution in [0.4, 0.5) is 0 Å². The van der Waals surface area contributed by atoms with Crippen molar-refractivity contribution in [2.75, 3.05) is 6.61 Å². The fourth-order valence-corrected chi connectivity index (χ4v) is 9.80. The van der Waals surface area contributed by atoms with Crippen LogP contribution in [0.1, 0.15) is 66.7 Å². The third kappa shape index (κ3) is 10.8. The van der Waals surface area contributed by atoms with Crippen LogP contribution in [0.15, 0.2) is 162 Å². The van der Waals surface area contributed by atoms with Crippen LogP contribution in [0.5, 0.6) is 0 Å². The number of hydrogen-bond acceptors (Lipinski definition) is 13. The molecule has 0 aliphatic carbocycles. The first-order valence-electron chi connectivity index (χ1n) is 22.8. The van der Waals surface area contributed by atoms with Gasteiger partial charge >= 0.3 is 19.1 Å². The van der Waals surface area contributed by atoms with Gasteiger partial charge in [0.05, 0.1) is 34.1 Å². The molecule has 0 unspecified atom stereocenters. The van der Waals surface area contributed by atoms with E-state index in [1.807, 2.05) is 119 Å². The second-order valence-corrected chi connectivity index (χ2v) is 21.0. The number of nitrogens with two attached hydrogens (primary N) is 1. The largest absolute Gasteiger partial charge is 0.498 e. The Bertz CT molecular complexity index is 3500. The smallest absolute Gasteiger partial charge is 0.476 e. The standard InChI is InChI=1S/C27H28BN3O4S.C26H20N4O4S2/c1-6-33-24(32)22-17-36-25(29-22)31-16-21(28-34-26(2,3)27(4,5)35-28)23(30-31)20-14-10-13-19(15-20)18-11-8-7-9-12-18;27-36(33,34)22-11-9-17(10-12-22)13-21-15-30(26-28-23(16-35-26)25(31)32)29-24(21)20-8-4-7-19(14-20)18-5-2-1-3-6-18/h7-17H,6H2,1-5H3;1-12,14-16H,13H2,(H,31,32)(H2,27,33,34). The third-order valence-electron chi connectivity index (χ3n) is 12.3. The van der Waals surface area contributed by atoms with Crippen molar-refractivity contribution < 1.29 is 37.2 Å². The summed E-state index contributed by atoms with van der Waals surface area (Å²) in [6.45, 7) is 10.2. The van der Waals surface area contributed by atoms with Crippen LogP contribution < -0.4 is 10.6 Å². The van der Waals surface area contributed by atoms with Crippen LogP contribution in [0.25, 0.3) is 55.0 Å². The van der Waals surface area contributed by atoms with Gasteiger partial charge < -0.3 is 19.2 Å². The minimum atomic E-state index is -3.78. The van der Waals surface area contributed by atoms with Gasteiger partial charge in [0, 0.05) is 51.7 Å². The van der Waals surface area contributed by atoms with E-state index in [2.05, 4.69) is 40.3 Å². The maximum Gasteiger partial charge on any atom is 0.498 e. The van der Waals surface area contributed by atoms with Gasteiger partial charge in [-0.05, 0) is 86.7 Å². The number of nitrogens with zero attached hydrogens (tertiary/aromatic N) is 6. The number of sulfonamides is 1. The van der Waals surface area contributed by atoms with Crippen LogP contribution in [-0.2, 0) is 30.5 Å². The van der Waals surface area contributed by atoms with Crippen LogP contribution in [0, 0.1) is 0 Å². The number of carbonyl (C=O) groups is 2. The molecule has 9 aromatic rings. The fraction of sp³-hybridized carbons (Fsp3) is 0.170. The molecule has 15 nitrogen and oxygen atoms in total. The normalized spacial score (nSPS) is 13.9. The number of thiazole rings is 2. The number of carboxylic acids is 1. The van der Waals surface area contributed by atoms with Gasteiger partial charge in [-0.15, -0.1) is 22.7 Å². The molecule has 0 spiro atoms. The molecule has 1 aliphatic rings. The molecule has 1 saturated heterocycles. The topological polar surface area (TPSA) is 204 Å². The van der Waals surface area contributed by atoms with Gasteiger partial charge in [0.25, 0.3) is 0 Å². The molecular formula is C53H48BN7O8S3. The molecule has 19 heteroatoms. The van der Waals surface area contributed by atoms with Crippen molar-refractivity contribution >= 4 is 57.2 Å². The molecular weight excluding hydrogens is 970 g/mol. The average Bonchev–Trinajstić information content (AvgIpc) is 4.23. The molecule has 1 aliphatic heterocycles. The summed E-state index contributed by atoms with van der Waals surface area (Å²) in [5.41, 5.74) is 9.35. The predicted octanol–water partition coefficient (Wildman–Crippen LogP) is 9.74. The summed E-state index contributed by atoms with van der Waals surface area (Å²) in [7, 11) is -4.39. The summed E-state index contributed by atoms with van der Waals surface area (Å²) in [5, 5.41) is 28.3. The zero-order valence-corrected chi connectivity index (χ0v) is 42.2. The van der Waals surface area contributed by atoms with Gasteiger partial charge in [-0.25, -0.2) is 42.5 Å². The van der Waals surface area contributed by atoms with Gasteiger partial charge in [0.1, 0.15) is 0 Å². The quantitative estimate of drug-likeness (QED) is 0.0819. The third-order valence-corrected chi connectivity index (χ3v) is 14.8. The van der Waals surface area contributed by atoms with E-state index >= 15 is 0 Å². The molecule has 0 radical (unpaired) electrons. The molecule has 3 N–H and O–H groups in total. The van der Waals surface area contributed by atoms with Crippen molar-refractivity contribution in [2.45, 2.75) is 57.1 Å². The Balaban J connectivity index is 0.000000178. The monoisotopic (exact) mass is 1020 g/mol. The first kappa shape index (κ1) is 49.6. The lowest BCUT2D eigenvalue weighted by Crippen LogP contribution is -2.41. The van der Waals surface area contributed by atoms with Crippen molar-refractivity contribution in [3.8, 4) is 55.0 Å². The zero-order valence-electron chi connectivity index (χ0n) is 39.8. The summed E-state index contributed by atoms with van der Waals surface area (Å²) in [6, 6.07) is 42.9. The Labute approximate surface area is 424 Å². The Kier molecular flexibility index (Phi) is 14.0. The molecule has 5 heterocycles. The summed E-state index contributed by atoms with van der Waals surface area (Å²) >= 11 is 2.51. The molecule has 0 amide bonds. The molecule has 4 aromatic heterocycles. The van der Waals surface area contributed by atoms with Crippen molar-refractivity contribution in [2.24, 2.45) is 5.14 Å². The number of rotatable bonds is 13. The summed E-state index contributed by atoms with van der Waals surface area (Å²) in [5.74, 6) is -1.55. The van der Waals surface area contributed by atoms with Crippen molar-refractivity contribution in [1.29, 1.82) is 0 Å². The highest BCUT2D eigenvalue weighted by atomic mass is 32.2. The van der Waals surface area contributed by atoms with Crippen LogP contribution in [-0.4, -0.2) is 79.9 Å². The van der Waals surface area contributed by atoms with E-state index < -0.39 is 40.3 Å². The van der Waals surface area contributed by atoms with E-state index in [1.54, 1.807) is 33.8 Å². The van der Waals surface area contributed by atoms with Gasteiger partial charge in [-0.3, -0.25) is 0 Å². The Morgan fingerprint density at radius 2 is 1.15 bits per heavy atom. The van der Waals surface area contributed by atoms with Crippen LogP contribution in [0.2, 0.25) is 0 Å². The van der Waals surface area contributed by atoms with Crippen molar-refractivity contribution in [3.63, 3.8) is 0 Å². The molecule has 10 rings (SSSR count). The van der Waals surface area contributed by atoms with Gasteiger partial charge in [-0.2, -0.15) is 10.2 Å². The Morgan fingerprint density at radius 1 is 0.667 bits per heavy atom. The second-order valence-electron chi connectivity index (χ2n) is 17.7. The lowest BCUT2D eigenvalue weighted by atomic mass is 9.78.